The molecule has 2 N–H and O–H groups in total. The molecule has 0 aliphatic heterocycles. The van der Waals surface area contributed by atoms with E-state index in [9.17, 15) is 4.79 Å². The number of rotatable bonds is 3. The second-order valence-corrected chi connectivity index (χ2v) is 5.17. The molecule has 0 bridgehead atoms. The maximum absolute atomic E-state index is 12.3. The van der Waals surface area contributed by atoms with Crippen LogP contribution in [0, 0.1) is 0 Å². The summed E-state index contributed by atoms with van der Waals surface area (Å²) in [5, 5.41) is 14.9. The number of carbonyl (C=O) groups excluding carboxylic acids is 1. The summed E-state index contributed by atoms with van der Waals surface area (Å²) in [5.41, 5.74) is 3.51. The number of aromatic nitrogens is 4. The minimum atomic E-state index is -0.256. The van der Waals surface area contributed by atoms with Gasteiger partial charge in [-0.3, -0.25) is 14.6 Å². The minimum absolute atomic E-state index is 0.256. The quantitative estimate of drug-likeness (QED) is 0.609. The highest BCUT2D eigenvalue weighted by atomic mass is 16.3. The van der Waals surface area contributed by atoms with Crippen molar-refractivity contribution in [1.29, 1.82) is 0 Å². The van der Waals surface area contributed by atoms with E-state index >= 15 is 0 Å². The second-order valence-electron chi connectivity index (χ2n) is 5.17. The van der Waals surface area contributed by atoms with Gasteiger partial charge in [0.25, 0.3) is 5.91 Å². The van der Waals surface area contributed by atoms with Crippen molar-refractivity contribution in [2.45, 2.75) is 0 Å². The van der Waals surface area contributed by atoms with Crippen molar-refractivity contribution in [3.63, 3.8) is 0 Å². The first-order valence-corrected chi connectivity index (χ1v) is 7.02. The molecule has 0 fully saturated rings. The fraction of sp³-hybridized carbons (Fsp3) is 0.0625. The maximum atomic E-state index is 12.3. The van der Waals surface area contributed by atoms with Gasteiger partial charge >= 0.3 is 0 Å². The molecule has 4 aromatic rings. The fourth-order valence-corrected chi connectivity index (χ4v) is 2.42. The lowest BCUT2D eigenvalue weighted by atomic mass is 10.2. The zero-order valence-corrected chi connectivity index (χ0v) is 12.3. The van der Waals surface area contributed by atoms with Gasteiger partial charge in [-0.25, -0.2) is 0 Å². The summed E-state index contributed by atoms with van der Waals surface area (Å²) in [6, 6.07) is 9.11. The van der Waals surface area contributed by atoms with Gasteiger partial charge in [0, 0.05) is 23.7 Å². The van der Waals surface area contributed by atoms with Crippen LogP contribution in [0.2, 0.25) is 0 Å². The first-order valence-electron chi connectivity index (χ1n) is 7.02. The highest BCUT2D eigenvalue weighted by molar-refractivity contribution is 6.04. The van der Waals surface area contributed by atoms with E-state index in [4.69, 9.17) is 4.42 Å². The number of hydrogen-bond acceptors (Lipinski definition) is 4. The normalized spacial score (nSPS) is 11.0. The molecule has 0 saturated carbocycles. The van der Waals surface area contributed by atoms with E-state index in [0.29, 0.717) is 17.1 Å². The van der Waals surface area contributed by atoms with Crippen molar-refractivity contribution >= 4 is 22.5 Å². The molecule has 7 nitrogen and oxygen atoms in total. The number of aromatic amines is 1. The van der Waals surface area contributed by atoms with Crippen LogP contribution in [0.1, 0.15) is 10.5 Å². The van der Waals surface area contributed by atoms with Crippen LogP contribution in [0.4, 0.5) is 5.69 Å². The highest BCUT2D eigenvalue weighted by Crippen LogP contribution is 2.20. The third kappa shape index (κ3) is 2.38. The molecule has 7 heteroatoms. The number of nitrogens with one attached hydrogen (secondary N) is 2. The third-order valence-electron chi connectivity index (χ3n) is 3.65. The Morgan fingerprint density at radius 3 is 3.04 bits per heavy atom. The van der Waals surface area contributed by atoms with Crippen LogP contribution in [-0.2, 0) is 7.05 Å². The van der Waals surface area contributed by atoms with E-state index < -0.39 is 0 Å². The summed E-state index contributed by atoms with van der Waals surface area (Å²) in [5.74, 6) is -0.256. The Morgan fingerprint density at radius 2 is 2.22 bits per heavy atom. The standard InChI is InChI=1S/C16H13N5O2/c1-21-15-6-12(3-2-10(15)8-17-21)18-16(22)14-7-13(19-20-14)11-4-5-23-9-11/h2-9H,1H3,(H,18,22)(H,19,20). The molecule has 0 saturated heterocycles. The molecule has 1 amide bonds. The SMILES string of the molecule is Cn1ncc2ccc(NC(=O)c3cc(-c4ccoc4)n[nH]3)cc21. The molecule has 0 unspecified atom stereocenters. The fourth-order valence-electron chi connectivity index (χ4n) is 2.42. The largest absolute Gasteiger partial charge is 0.472 e. The summed E-state index contributed by atoms with van der Waals surface area (Å²) in [7, 11) is 1.86. The molecular weight excluding hydrogens is 294 g/mol. The lowest BCUT2D eigenvalue weighted by molar-refractivity contribution is 0.102. The van der Waals surface area contributed by atoms with Crippen LogP contribution in [0.15, 0.2) is 53.5 Å². The van der Waals surface area contributed by atoms with Gasteiger partial charge in [0.2, 0.25) is 0 Å². The number of benzene rings is 1. The maximum Gasteiger partial charge on any atom is 0.273 e. The molecule has 114 valence electrons. The predicted octanol–water partition coefficient (Wildman–Crippen LogP) is 2.81. The highest BCUT2D eigenvalue weighted by Gasteiger charge is 2.12. The van der Waals surface area contributed by atoms with Gasteiger partial charge < -0.3 is 9.73 Å². The summed E-state index contributed by atoms with van der Waals surface area (Å²) in [6.07, 6.45) is 4.92. The third-order valence-corrected chi connectivity index (χ3v) is 3.65. The lowest BCUT2D eigenvalue weighted by Crippen LogP contribution is -2.12. The van der Waals surface area contributed by atoms with Gasteiger partial charge in [0.1, 0.15) is 5.69 Å². The Hall–Kier alpha value is -3.35. The lowest BCUT2D eigenvalue weighted by Gasteiger charge is -2.04. The van der Waals surface area contributed by atoms with E-state index in [1.54, 1.807) is 35.5 Å². The number of hydrogen-bond donors (Lipinski definition) is 2. The van der Waals surface area contributed by atoms with Crippen LogP contribution in [0.5, 0.6) is 0 Å². The smallest absolute Gasteiger partial charge is 0.273 e. The molecule has 0 atom stereocenters. The Kier molecular flexibility index (Phi) is 2.97. The van der Waals surface area contributed by atoms with Gasteiger partial charge in [-0.15, -0.1) is 0 Å². The van der Waals surface area contributed by atoms with Crippen molar-refractivity contribution < 1.29 is 9.21 Å². The first-order chi connectivity index (χ1) is 11.2. The summed E-state index contributed by atoms with van der Waals surface area (Å²) >= 11 is 0. The number of furan rings is 1. The summed E-state index contributed by atoms with van der Waals surface area (Å²) in [4.78, 5) is 12.3. The van der Waals surface area contributed by atoms with Crippen LogP contribution in [0.25, 0.3) is 22.2 Å². The van der Waals surface area contributed by atoms with Crippen LogP contribution in [0.3, 0.4) is 0 Å². The molecule has 23 heavy (non-hydrogen) atoms. The Balaban J connectivity index is 1.58. The Bertz CT molecular complexity index is 981. The average molecular weight is 307 g/mol. The molecule has 3 aromatic heterocycles. The number of nitrogens with zero attached hydrogens (tertiary/aromatic N) is 3. The number of amides is 1. The topological polar surface area (TPSA) is 88.7 Å². The molecule has 0 aliphatic rings. The monoisotopic (exact) mass is 307 g/mol. The zero-order chi connectivity index (χ0) is 15.8. The molecular formula is C16H13N5O2. The van der Waals surface area contributed by atoms with Gasteiger partial charge in [0.05, 0.1) is 29.9 Å². The van der Waals surface area contributed by atoms with Gasteiger partial charge in [-0.1, -0.05) is 0 Å². The van der Waals surface area contributed by atoms with Crippen molar-refractivity contribution in [3.8, 4) is 11.3 Å². The predicted molar refractivity (Wildman–Crippen MR) is 85.0 cm³/mol. The van der Waals surface area contributed by atoms with E-state index in [1.807, 2.05) is 25.2 Å². The molecule has 0 radical (unpaired) electrons. The molecule has 4 rings (SSSR count). The van der Waals surface area contributed by atoms with Crippen molar-refractivity contribution in [2.75, 3.05) is 5.32 Å². The van der Waals surface area contributed by atoms with Crippen LogP contribution >= 0.6 is 0 Å². The first kappa shape index (κ1) is 13.3. The Labute approximate surface area is 130 Å². The number of fused-ring (bicyclic) bond motifs is 1. The molecule has 0 aliphatic carbocycles. The summed E-state index contributed by atoms with van der Waals surface area (Å²) < 4.78 is 6.78. The molecule has 1 aromatic carbocycles. The van der Waals surface area contributed by atoms with E-state index in [2.05, 4.69) is 20.6 Å². The van der Waals surface area contributed by atoms with Gasteiger partial charge in [-0.2, -0.15) is 10.2 Å². The van der Waals surface area contributed by atoms with Crippen LogP contribution < -0.4 is 5.32 Å². The van der Waals surface area contributed by atoms with E-state index in [1.165, 1.54) is 0 Å². The average Bonchev–Trinajstić information content (AvgIpc) is 3.27. The van der Waals surface area contributed by atoms with Gasteiger partial charge in [-0.05, 0) is 30.3 Å². The number of aryl methyl sites for hydroxylation is 1. The number of carbonyl (C=O) groups is 1. The number of H-pyrrole nitrogens is 1. The van der Waals surface area contributed by atoms with E-state index in [0.717, 1.165) is 16.5 Å². The minimum Gasteiger partial charge on any atom is -0.472 e. The second kappa shape index (κ2) is 5.13. The zero-order valence-electron chi connectivity index (χ0n) is 12.3. The number of anilines is 1. The summed E-state index contributed by atoms with van der Waals surface area (Å²) in [6.45, 7) is 0. The molecule has 0 spiro atoms. The van der Waals surface area contributed by atoms with Crippen LogP contribution in [-0.4, -0.2) is 25.9 Å². The van der Waals surface area contributed by atoms with Gasteiger partial charge in [0.15, 0.2) is 0 Å². The Morgan fingerprint density at radius 1 is 1.30 bits per heavy atom. The van der Waals surface area contributed by atoms with Crippen molar-refractivity contribution in [3.05, 3.63) is 54.7 Å². The van der Waals surface area contributed by atoms with Crippen molar-refractivity contribution in [1.82, 2.24) is 20.0 Å². The molecule has 3 heterocycles. The van der Waals surface area contributed by atoms with Crippen molar-refractivity contribution in [2.24, 2.45) is 7.05 Å². The van der Waals surface area contributed by atoms with E-state index in [-0.39, 0.29) is 5.91 Å².